The summed E-state index contributed by atoms with van der Waals surface area (Å²) in [5.41, 5.74) is 1.08. The number of carbonyl (C=O) groups is 1. The van der Waals surface area contributed by atoms with Gasteiger partial charge in [-0.1, -0.05) is 53.5 Å². The molecule has 0 amide bonds. The lowest BCUT2D eigenvalue weighted by Crippen LogP contribution is -2.07. The van der Waals surface area contributed by atoms with E-state index in [-0.39, 0.29) is 23.8 Å². The zero-order chi connectivity index (χ0) is 19.1. The predicted octanol–water partition coefficient (Wildman–Crippen LogP) is 5.97. The van der Waals surface area contributed by atoms with Gasteiger partial charge in [0.2, 0.25) is 0 Å². The van der Waals surface area contributed by atoms with E-state index in [0.717, 1.165) is 5.56 Å². The van der Waals surface area contributed by atoms with Crippen LogP contribution in [0.2, 0.25) is 15.1 Å². The molecule has 7 heteroatoms. The highest BCUT2D eigenvalue weighted by Gasteiger charge is 2.17. The molecule has 4 nitrogen and oxygen atoms in total. The second-order valence-electron chi connectivity index (χ2n) is 5.14. The summed E-state index contributed by atoms with van der Waals surface area (Å²) in [6.45, 7) is 6.01. The van der Waals surface area contributed by atoms with Crippen LogP contribution in [0.3, 0.4) is 0 Å². The second-order valence-corrected chi connectivity index (χ2v) is 6.36. The van der Waals surface area contributed by atoms with Gasteiger partial charge in [0.15, 0.2) is 11.5 Å². The van der Waals surface area contributed by atoms with Gasteiger partial charge in [-0.3, -0.25) is 0 Å². The lowest BCUT2D eigenvalue weighted by atomic mass is 10.2. The molecule has 0 unspecified atom stereocenters. The molecule has 0 N–H and O–H groups in total. The Hall–Kier alpha value is -1.88. The van der Waals surface area contributed by atoms with Crippen LogP contribution in [0.1, 0.15) is 22.8 Å². The van der Waals surface area contributed by atoms with E-state index in [1.165, 1.54) is 18.2 Å². The van der Waals surface area contributed by atoms with Crippen LogP contribution in [-0.4, -0.2) is 19.2 Å². The first-order valence-electron chi connectivity index (χ1n) is 7.77. The number of carbonyl (C=O) groups excluding carboxylic acids is 1. The summed E-state index contributed by atoms with van der Waals surface area (Å²) in [7, 11) is 0. The quantitative estimate of drug-likeness (QED) is 0.394. The average Bonchev–Trinajstić information content (AvgIpc) is 2.61. The lowest BCUT2D eigenvalue weighted by Gasteiger charge is -2.15. The van der Waals surface area contributed by atoms with Crippen molar-refractivity contribution in [1.82, 2.24) is 0 Å². The van der Waals surface area contributed by atoms with Crippen LogP contribution in [-0.2, 0) is 11.3 Å². The second kappa shape index (κ2) is 9.72. The van der Waals surface area contributed by atoms with Gasteiger partial charge < -0.3 is 14.2 Å². The average molecular weight is 416 g/mol. The third-order valence-electron chi connectivity index (χ3n) is 3.24. The molecule has 0 atom stereocenters. The van der Waals surface area contributed by atoms with Gasteiger partial charge in [-0.2, -0.15) is 0 Å². The lowest BCUT2D eigenvalue weighted by molar-refractivity contribution is 0.0549. The zero-order valence-corrected chi connectivity index (χ0v) is 16.3. The Kier molecular flexibility index (Phi) is 7.64. The van der Waals surface area contributed by atoms with Gasteiger partial charge in [0, 0.05) is 0 Å². The van der Waals surface area contributed by atoms with Gasteiger partial charge in [-0.15, -0.1) is 0 Å². The summed E-state index contributed by atoms with van der Waals surface area (Å²) in [6.07, 6.45) is 1.48. The van der Waals surface area contributed by atoms with E-state index in [1.54, 1.807) is 18.2 Å². The molecule has 2 aromatic rings. The molecule has 138 valence electrons. The summed E-state index contributed by atoms with van der Waals surface area (Å²) in [4.78, 5) is 12.0. The Balaban J connectivity index is 2.24. The number of ether oxygens (including phenoxy) is 3. The van der Waals surface area contributed by atoms with Gasteiger partial charge in [-0.05, 0) is 36.8 Å². The SMILES string of the molecule is C=CCOC(=O)c1cc(Cl)c(OCc2ccc(Cl)c(Cl)c2)c(OCC)c1. The fraction of sp³-hybridized carbons (Fsp3) is 0.211. The molecule has 0 aliphatic heterocycles. The summed E-state index contributed by atoms with van der Waals surface area (Å²) >= 11 is 18.2. The molecular formula is C19H17Cl3O4. The minimum atomic E-state index is -0.524. The largest absolute Gasteiger partial charge is 0.490 e. The van der Waals surface area contributed by atoms with E-state index < -0.39 is 5.97 Å². The van der Waals surface area contributed by atoms with E-state index in [9.17, 15) is 4.79 Å². The molecule has 2 rings (SSSR count). The van der Waals surface area contributed by atoms with E-state index in [1.807, 2.05) is 6.92 Å². The third-order valence-corrected chi connectivity index (χ3v) is 4.26. The van der Waals surface area contributed by atoms with Gasteiger partial charge in [0.05, 0.1) is 27.2 Å². The molecule has 0 aliphatic rings. The maximum atomic E-state index is 12.0. The third kappa shape index (κ3) is 5.31. The first-order chi connectivity index (χ1) is 12.5. The summed E-state index contributed by atoms with van der Waals surface area (Å²) in [6, 6.07) is 8.19. The Labute approximate surface area is 167 Å². The van der Waals surface area contributed by atoms with Crippen LogP contribution in [0.15, 0.2) is 43.0 Å². The van der Waals surface area contributed by atoms with Crippen molar-refractivity contribution in [2.24, 2.45) is 0 Å². The molecule has 2 aromatic carbocycles. The van der Waals surface area contributed by atoms with Crippen LogP contribution in [0, 0.1) is 0 Å². The molecular weight excluding hydrogens is 399 g/mol. The number of esters is 1. The van der Waals surface area contributed by atoms with Gasteiger partial charge in [0.25, 0.3) is 0 Å². The standard InChI is InChI=1S/C19H17Cl3O4/c1-3-7-25-19(23)13-9-16(22)18(17(10-13)24-4-2)26-11-12-5-6-14(20)15(21)8-12/h3,5-6,8-10H,1,4,7,11H2,2H3. The summed E-state index contributed by atoms with van der Waals surface area (Å²) in [5.74, 6) is 0.161. The van der Waals surface area contributed by atoms with Gasteiger partial charge >= 0.3 is 5.97 Å². The molecule has 26 heavy (non-hydrogen) atoms. The maximum absolute atomic E-state index is 12.0. The highest BCUT2D eigenvalue weighted by atomic mass is 35.5. The van der Waals surface area contributed by atoms with Gasteiger partial charge in [-0.25, -0.2) is 4.79 Å². The minimum absolute atomic E-state index is 0.107. The number of hydrogen-bond acceptors (Lipinski definition) is 4. The maximum Gasteiger partial charge on any atom is 0.338 e. The van der Waals surface area contributed by atoms with Crippen molar-refractivity contribution >= 4 is 40.8 Å². The number of rotatable bonds is 8. The van der Waals surface area contributed by atoms with Crippen LogP contribution < -0.4 is 9.47 Å². The first-order valence-corrected chi connectivity index (χ1v) is 8.90. The van der Waals surface area contributed by atoms with Crippen LogP contribution >= 0.6 is 34.8 Å². The highest BCUT2D eigenvalue weighted by Crippen LogP contribution is 2.37. The fourth-order valence-electron chi connectivity index (χ4n) is 2.09. The van der Waals surface area contributed by atoms with Crippen LogP contribution in [0.4, 0.5) is 0 Å². The zero-order valence-electron chi connectivity index (χ0n) is 14.1. The van der Waals surface area contributed by atoms with E-state index in [4.69, 9.17) is 49.0 Å². The molecule has 0 saturated heterocycles. The molecule has 0 aliphatic carbocycles. The van der Waals surface area contributed by atoms with E-state index in [0.29, 0.717) is 28.2 Å². The Morgan fingerprint density at radius 3 is 2.50 bits per heavy atom. The van der Waals surface area contributed by atoms with Crippen LogP contribution in [0.25, 0.3) is 0 Å². The van der Waals surface area contributed by atoms with E-state index >= 15 is 0 Å². The monoisotopic (exact) mass is 414 g/mol. The van der Waals surface area contributed by atoms with E-state index in [2.05, 4.69) is 6.58 Å². The smallest absolute Gasteiger partial charge is 0.338 e. The first kappa shape index (κ1) is 20.4. The number of benzene rings is 2. The van der Waals surface area contributed by atoms with Crippen molar-refractivity contribution < 1.29 is 19.0 Å². The van der Waals surface area contributed by atoms with Crippen LogP contribution in [0.5, 0.6) is 11.5 Å². The molecule has 0 saturated carbocycles. The van der Waals surface area contributed by atoms with Crippen molar-refractivity contribution in [2.75, 3.05) is 13.2 Å². The predicted molar refractivity (Wildman–Crippen MR) is 104 cm³/mol. The molecule has 0 heterocycles. The molecule has 0 radical (unpaired) electrons. The number of halogens is 3. The topological polar surface area (TPSA) is 44.8 Å². The molecule has 0 spiro atoms. The Bertz CT molecular complexity index is 806. The van der Waals surface area contributed by atoms with Crippen molar-refractivity contribution in [3.63, 3.8) is 0 Å². The normalized spacial score (nSPS) is 10.3. The Morgan fingerprint density at radius 2 is 1.85 bits per heavy atom. The molecule has 0 aromatic heterocycles. The minimum Gasteiger partial charge on any atom is -0.490 e. The molecule has 0 bridgehead atoms. The summed E-state index contributed by atoms with van der Waals surface area (Å²) in [5, 5.41) is 1.14. The molecule has 0 fully saturated rings. The van der Waals surface area contributed by atoms with Crippen molar-refractivity contribution in [3.8, 4) is 11.5 Å². The fourth-order valence-corrected chi connectivity index (χ4v) is 2.68. The van der Waals surface area contributed by atoms with Crippen molar-refractivity contribution in [2.45, 2.75) is 13.5 Å². The Morgan fingerprint density at radius 1 is 1.08 bits per heavy atom. The highest BCUT2D eigenvalue weighted by molar-refractivity contribution is 6.42. The van der Waals surface area contributed by atoms with Crippen molar-refractivity contribution in [1.29, 1.82) is 0 Å². The van der Waals surface area contributed by atoms with Crippen molar-refractivity contribution in [3.05, 3.63) is 69.2 Å². The van der Waals surface area contributed by atoms with Gasteiger partial charge in [0.1, 0.15) is 13.2 Å². The summed E-state index contributed by atoms with van der Waals surface area (Å²) < 4.78 is 16.4. The number of hydrogen-bond donors (Lipinski definition) is 0.